The zero-order valence-corrected chi connectivity index (χ0v) is 16.3. The average Bonchev–Trinajstić information content (AvgIpc) is 3.05. The maximum Gasteiger partial charge on any atom is 0.150 e. The molecule has 3 nitrogen and oxygen atoms in total. The topological polar surface area (TPSA) is 42.3 Å². The number of pyridine rings is 1. The number of rotatable bonds is 7. The monoisotopic (exact) mass is 358 g/mol. The van der Waals surface area contributed by atoms with Gasteiger partial charge in [-0.05, 0) is 66.8 Å². The van der Waals surface area contributed by atoms with Crippen molar-refractivity contribution in [2.24, 2.45) is 4.99 Å². The van der Waals surface area contributed by atoms with Crippen molar-refractivity contribution in [3.8, 4) is 0 Å². The van der Waals surface area contributed by atoms with E-state index in [9.17, 15) is 4.79 Å². The molecule has 3 rings (SSSR count). The van der Waals surface area contributed by atoms with E-state index in [4.69, 9.17) is 0 Å². The number of carbonyl (C=O) groups is 1. The van der Waals surface area contributed by atoms with E-state index >= 15 is 0 Å². The zero-order valence-electron chi connectivity index (χ0n) is 16.3. The van der Waals surface area contributed by atoms with Gasteiger partial charge < -0.3 is 0 Å². The molecule has 0 spiro atoms. The molecule has 1 unspecified atom stereocenters. The molecule has 1 aromatic carbocycles. The molecule has 3 heteroatoms. The summed E-state index contributed by atoms with van der Waals surface area (Å²) in [5.41, 5.74) is 7.50. The lowest BCUT2D eigenvalue weighted by atomic mass is 9.89. The Balaban J connectivity index is 2.09. The number of nitrogens with zero attached hydrogens (tertiary/aromatic N) is 2. The first-order valence-electron chi connectivity index (χ1n) is 9.55. The molecule has 1 aliphatic heterocycles. The zero-order chi connectivity index (χ0) is 19.4. The Morgan fingerprint density at radius 2 is 2.11 bits per heavy atom. The van der Waals surface area contributed by atoms with Crippen LogP contribution in [0.2, 0.25) is 0 Å². The minimum Gasteiger partial charge on any atom is -0.298 e. The Bertz CT molecular complexity index is 937. The quantitative estimate of drug-likeness (QED) is 0.347. The maximum atomic E-state index is 11.7. The van der Waals surface area contributed by atoms with Crippen LogP contribution in [0.15, 0.2) is 48.0 Å². The Morgan fingerprint density at radius 1 is 1.30 bits per heavy atom. The third-order valence-electron chi connectivity index (χ3n) is 4.97. The fraction of sp³-hybridized carbons (Fsp3) is 0.292. The van der Waals surface area contributed by atoms with E-state index in [-0.39, 0.29) is 6.04 Å². The Hall–Kier alpha value is -2.81. The van der Waals surface area contributed by atoms with Crippen LogP contribution < -0.4 is 0 Å². The third kappa shape index (κ3) is 3.97. The average molecular weight is 358 g/mol. The summed E-state index contributed by atoms with van der Waals surface area (Å²) in [5, 5.41) is 0. The minimum absolute atomic E-state index is 0.0309. The molecule has 0 N–H and O–H groups in total. The standard InChI is InChI=1S/C24H26N2O/c1-5-6-7-10-22(17(3)23-11-8-9-16(2)26-23)19-12-20-14-25-18(4)24(20)21(13-19)15-27/h8-15,18H,3,5-7H2,1-2,4H3/b22-10+. The van der Waals surface area contributed by atoms with Gasteiger partial charge in [-0.25, -0.2) is 0 Å². The summed E-state index contributed by atoms with van der Waals surface area (Å²) in [6, 6.07) is 10.1. The van der Waals surface area contributed by atoms with Crippen LogP contribution in [0.4, 0.5) is 0 Å². The largest absolute Gasteiger partial charge is 0.298 e. The first-order valence-corrected chi connectivity index (χ1v) is 9.55. The molecule has 138 valence electrons. The van der Waals surface area contributed by atoms with Crippen molar-refractivity contribution in [1.82, 2.24) is 4.98 Å². The number of unbranched alkanes of at least 4 members (excludes halogenated alkanes) is 2. The molecule has 1 atom stereocenters. The molecule has 0 saturated heterocycles. The van der Waals surface area contributed by atoms with Gasteiger partial charge in [-0.1, -0.05) is 38.5 Å². The minimum atomic E-state index is 0.0309. The fourth-order valence-corrected chi connectivity index (χ4v) is 3.52. The van der Waals surface area contributed by atoms with Gasteiger partial charge in [0, 0.05) is 23.0 Å². The van der Waals surface area contributed by atoms with Crippen molar-refractivity contribution < 1.29 is 4.79 Å². The third-order valence-corrected chi connectivity index (χ3v) is 4.97. The summed E-state index contributed by atoms with van der Waals surface area (Å²) in [5.74, 6) is 0. The Morgan fingerprint density at radius 3 is 2.81 bits per heavy atom. The summed E-state index contributed by atoms with van der Waals surface area (Å²) in [6.45, 7) is 10.5. The molecule has 2 heterocycles. The molecule has 27 heavy (non-hydrogen) atoms. The van der Waals surface area contributed by atoms with Crippen LogP contribution in [0.25, 0.3) is 11.1 Å². The van der Waals surface area contributed by atoms with Crippen molar-refractivity contribution in [1.29, 1.82) is 0 Å². The second-order valence-electron chi connectivity index (χ2n) is 7.04. The van der Waals surface area contributed by atoms with Crippen molar-refractivity contribution in [2.45, 2.75) is 46.1 Å². The van der Waals surface area contributed by atoms with E-state index in [2.05, 4.69) is 35.6 Å². The molecule has 0 amide bonds. The number of benzene rings is 1. The van der Waals surface area contributed by atoms with Crippen LogP contribution in [0.3, 0.4) is 0 Å². The van der Waals surface area contributed by atoms with E-state index in [0.29, 0.717) is 5.56 Å². The first kappa shape index (κ1) is 19.0. The highest BCUT2D eigenvalue weighted by molar-refractivity contribution is 6.05. The molecule has 0 aliphatic carbocycles. The molecular weight excluding hydrogens is 332 g/mol. The molecule has 0 fully saturated rings. The van der Waals surface area contributed by atoms with E-state index in [1.54, 1.807) is 0 Å². The fourth-order valence-electron chi connectivity index (χ4n) is 3.52. The van der Waals surface area contributed by atoms with Gasteiger partial charge in [-0.3, -0.25) is 14.8 Å². The predicted octanol–water partition coefficient (Wildman–Crippen LogP) is 5.98. The lowest BCUT2D eigenvalue weighted by molar-refractivity contribution is 0.112. The Labute approximate surface area is 161 Å². The van der Waals surface area contributed by atoms with E-state index in [1.165, 1.54) is 0 Å². The highest BCUT2D eigenvalue weighted by atomic mass is 16.1. The van der Waals surface area contributed by atoms with Crippen LogP contribution in [-0.2, 0) is 0 Å². The number of hydrogen-bond acceptors (Lipinski definition) is 3. The van der Waals surface area contributed by atoms with Gasteiger partial charge in [0.25, 0.3) is 0 Å². The van der Waals surface area contributed by atoms with Crippen LogP contribution in [0.5, 0.6) is 0 Å². The van der Waals surface area contributed by atoms with Gasteiger partial charge in [0.15, 0.2) is 0 Å². The van der Waals surface area contributed by atoms with Crippen molar-refractivity contribution in [2.75, 3.05) is 0 Å². The first-order chi connectivity index (χ1) is 13.0. The molecule has 1 aromatic heterocycles. The number of allylic oxidation sites excluding steroid dienone is 3. The lowest BCUT2D eigenvalue weighted by Crippen LogP contribution is -2.01. The van der Waals surface area contributed by atoms with Gasteiger partial charge in [-0.15, -0.1) is 0 Å². The smallest absolute Gasteiger partial charge is 0.150 e. The SMILES string of the molecule is C=C(/C(=C\CCCC)c1cc(C=O)c2c(c1)C=NC2C)c1cccc(C)n1. The summed E-state index contributed by atoms with van der Waals surface area (Å²) in [7, 11) is 0. The van der Waals surface area contributed by atoms with E-state index < -0.39 is 0 Å². The molecular formula is C24H26N2O. The number of aryl methyl sites for hydroxylation is 1. The van der Waals surface area contributed by atoms with E-state index in [0.717, 1.165) is 64.8 Å². The van der Waals surface area contributed by atoms with Crippen LogP contribution in [-0.4, -0.2) is 17.5 Å². The highest BCUT2D eigenvalue weighted by Gasteiger charge is 2.21. The van der Waals surface area contributed by atoms with Gasteiger partial charge in [-0.2, -0.15) is 0 Å². The number of aldehydes is 1. The van der Waals surface area contributed by atoms with Crippen LogP contribution >= 0.6 is 0 Å². The lowest BCUT2D eigenvalue weighted by Gasteiger charge is -2.15. The predicted molar refractivity (Wildman–Crippen MR) is 113 cm³/mol. The number of aromatic nitrogens is 1. The number of fused-ring (bicyclic) bond motifs is 1. The second-order valence-corrected chi connectivity index (χ2v) is 7.04. The van der Waals surface area contributed by atoms with Gasteiger partial charge >= 0.3 is 0 Å². The summed E-state index contributed by atoms with van der Waals surface area (Å²) < 4.78 is 0. The van der Waals surface area contributed by atoms with Crippen molar-refractivity contribution >= 4 is 23.6 Å². The number of carbonyl (C=O) groups excluding carboxylic acids is 1. The highest BCUT2D eigenvalue weighted by Crippen LogP contribution is 2.35. The van der Waals surface area contributed by atoms with E-state index in [1.807, 2.05) is 44.3 Å². The molecule has 2 aromatic rings. The molecule has 0 radical (unpaired) electrons. The number of hydrogen-bond donors (Lipinski definition) is 0. The van der Waals surface area contributed by atoms with Crippen molar-refractivity contribution in [3.63, 3.8) is 0 Å². The molecule has 0 saturated carbocycles. The van der Waals surface area contributed by atoms with Gasteiger partial charge in [0.1, 0.15) is 6.29 Å². The second kappa shape index (κ2) is 8.26. The maximum absolute atomic E-state index is 11.7. The van der Waals surface area contributed by atoms with Gasteiger partial charge in [0.05, 0.1) is 11.7 Å². The van der Waals surface area contributed by atoms with Gasteiger partial charge in [0.2, 0.25) is 0 Å². The Kier molecular flexibility index (Phi) is 5.80. The molecule has 0 bridgehead atoms. The van der Waals surface area contributed by atoms with Crippen LogP contribution in [0, 0.1) is 6.92 Å². The van der Waals surface area contributed by atoms with Crippen LogP contribution in [0.1, 0.15) is 77.6 Å². The normalized spacial score (nSPS) is 15.7. The summed E-state index contributed by atoms with van der Waals surface area (Å²) in [6.07, 6.45) is 8.24. The number of aliphatic imine (C=N–C) groups is 1. The summed E-state index contributed by atoms with van der Waals surface area (Å²) >= 11 is 0. The van der Waals surface area contributed by atoms with Crippen molar-refractivity contribution in [3.05, 3.63) is 76.6 Å². The molecule has 1 aliphatic rings. The summed E-state index contributed by atoms with van der Waals surface area (Å²) in [4.78, 5) is 20.8.